The lowest BCUT2D eigenvalue weighted by Crippen LogP contribution is -2.25. The monoisotopic (exact) mass is 200 g/mol. The molecule has 0 aliphatic rings. The molecule has 0 N–H and O–H groups in total. The molecule has 0 saturated carbocycles. The van der Waals surface area contributed by atoms with Gasteiger partial charge in [-0.2, -0.15) is 0 Å². The topological polar surface area (TPSA) is 60.4 Å². The van der Waals surface area contributed by atoms with Gasteiger partial charge in [0.15, 0.2) is 0 Å². The van der Waals surface area contributed by atoms with Crippen LogP contribution in [0.4, 0.5) is 0 Å². The summed E-state index contributed by atoms with van der Waals surface area (Å²) in [6.07, 6.45) is -0.370. The van der Waals surface area contributed by atoms with Gasteiger partial charge < -0.3 is 4.74 Å². The van der Waals surface area contributed by atoms with Gasteiger partial charge >= 0.3 is 5.97 Å². The highest BCUT2D eigenvalue weighted by Crippen LogP contribution is 2.08. The van der Waals surface area contributed by atoms with E-state index in [9.17, 15) is 14.4 Å². The predicted octanol–water partition coefficient (Wildman–Crippen LogP) is 1.12. The second-order valence-corrected chi connectivity index (χ2v) is 3.52. The van der Waals surface area contributed by atoms with E-state index in [1.807, 2.05) is 0 Å². The van der Waals surface area contributed by atoms with Crippen LogP contribution in [0.2, 0.25) is 0 Å². The van der Waals surface area contributed by atoms with Crippen molar-refractivity contribution in [3.8, 4) is 0 Å². The number of hydrogen-bond acceptors (Lipinski definition) is 4. The molecule has 0 aromatic heterocycles. The molecule has 0 atom stereocenters. The Morgan fingerprint density at radius 1 is 1.07 bits per heavy atom. The molecule has 0 amide bonds. The molecular weight excluding hydrogens is 184 g/mol. The van der Waals surface area contributed by atoms with Gasteiger partial charge in [-0.15, -0.1) is 0 Å². The zero-order valence-electron chi connectivity index (χ0n) is 8.99. The number of hydrogen-bond donors (Lipinski definition) is 0. The Kier molecular flexibility index (Phi) is 5.05. The Labute approximate surface area is 83.6 Å². The highest BCUT2D eigenvalue weighted by Gasteiger charge is 2.23. The van der Waals surface area contributed by atoms with Crippen molar-refractivity contribution in [3.05, 3.63) is 0 Å². The Morgan fingerprint density at radius 3 is 1.79 bits per heavy atom. The molecular formula is C10H16O4. The van der Waals surface area contributed by atoms with E-state index in [-0.39, 0.29) is 24.1 Å². The maximum atomic E-state index is 11.1. The molecule has 0 rings (SSSR count). The fourth-order valence-corrected chi connectivity index (χ4v) is 1.05. The van der Waals surface area contributed by atoms with Gasteiger partial charge in [0.05, 0.1) is 18.4 Å². The highest BCUT2D eigenvalue weighted by molar-refractivity contribution is 6.02. The number of rotatable bonds is 5. The fourth-order valence-electron chi connectivity index (χ4n) is 1.05. The van der Waals surface area contributed by atoms with E-state index >= 15 is 0 Å². The summed E-state index contributed by atoms with van der Waals surface area (Å²) >= 11 is 0. The average molecular weight is 200 g/mol. The van der Waals surface area contributed by atoms with Crippen molar-refractivity contribution in [2.24, 2.45) is 5.92 Å². The zero-order chi connectivity index (χ0) is 11.3. The van der Waals surface area contributed by atoms with Crippen LogP contribution >= 0.6 is 0 Å². The van der Waals surface area contributed by atoms with E-state index < -0.39 is 11.9 Å². The van der Waals surface area contributed by atoms with E-state index in [1.54, 1.807) is 13.8 Å². The summed E-state index contributed by atoms with van der Waals surface area (Å²) < 4.78 is 4.84. The minimum atomic E-state index is -0.846. The summed E-state index contributed by atoms with van der Waals surface area (Å²) in [5.41, 5.74) is 0. The molecule has 0 radical (unpaired) electrons. The minimum Gasteiger partial charge on any atom is -0.463 e. The lowest BCUT2D eigenvalue weighted by atomic mass is 9.97. The summed E-state index contributed by atoms with van der Waals surface area (Å²) in [4.78, 5) is 33.1. The summed E-state index contributed by atoms with van der Waals surface area (Å²) in [5, 5.41) is 0. The zero-order valence-corrected chi connectivity index (χ0v) is 8.99. The molecule has 14 heavy (non-hydrogen) atoms. The summed E-state index contributed by atoms with van der Waals surface area (Å²) in [6, 6.07) is 0. The fraction of sp³-hybridized carbons (Fsp3) is 0.700. The number of ether oxygens (including phenoxy) is 1. The first-order chi connectivity index (χ1) is 6.34. The van der Waals surface area contributed by atoms with Gasteiger partial charge in [-0.05, 0) is 27.7 Å². The Balaban J connectivity index is 4.24. The molecule has 0 spiro atoms. The average Bonchev–Trinajstić information content (AvgIpc) is 1.97. The first kappa shape index (κ1) is 12.8. The number of esters is 1. The lowest BCUT2D eigenvalue weighted by molar-refractivity contribution is -0.151. The van der Waals surface area contributed by atoms with Crippen molar-refractivity contribution in [1.82, 2.24) is 0 Å². The standard InChI is InChI=1S/C10H16O4/c1-6(2)14-10(13)5-9(7(3)11)8(4)12/h6,9H,5H2,1-4H3. The molecule has 0 fully saturated rings. The normalized spacial score (nSPS) is 10.4. The van der Waals surface area contributed by atoms with Crippen molar-refractivity contribution in [3.63, 3.8) is 0 Å². The molecule has 0 saturated heterocycles. The number of carbonyl (C=O) groups is 3. The van der Waals surface area contributed by atoms with Gasteiger partial charge in [0.25, 0.3) is 0 Å². The minimum absolute atomic E-state index is 0.150. The van der Waals surface area contributed by atoms with Gasteiger partial charge in [0, 0.05) is 0 Å². The Hall–Kier alpha value is -1.19. The highest BCUT2D eigenvalue weighted by atomic mass is 16.5. The van der Waals surface area contributed by atoms with Crippen LogP contribution in [0.5, 0.6) is 0 Å². The van der Waals surface area contributed by atoms with E-state index in [1.165, 1.54) is 13.8 Å². The lowest BCUT2D eigenvalue weighted by Gasteiger charge is -2.11. The quantitative estimate of drug-likeness (QED) is 0.493. The van der Waals surface area contributed by atoms with Gasteiger partial charge in [0.1, 0.15) is 11.6 Å². The molecule has 4 heteroatoms. The van der Waals surface area contributed by atoms with Gasteiger partial charge in [-0.1, -0.05) is 0 Å². The Bertz CT molecular complexity index is 229. The largest absolute Gasteiger partial charge is 0.463 e. The first-order valence-corrected chi connectivity index (χ1v) is 4.55. The SMILES string of the molecule is CC(=O)C(CC(=O)OC(C)C)C(C)=O. The molecule has 0 aromatic carbocycles. The second kappa shape index (κ2) is 5.52. The van der Waals surface area contributed by atoms with Crippen molar-refractivity contribution >= 4 is 17.5 Å². The van der Waals surface area contributed by atoms with Crippen molar-refractivity contribution in [2.45, 2.75) is 40.2 Å². The van der Waals surface area contributed by atoms with Crippen LogP contribution in [0.1, 0.15) is 34.1 Å². The molecule has 0 heterocycles. The molecule has 0 aromatic rings. The molecule has 0 aliphatic carbocycles. The van der Waals surface area contributed by atoms with E-state index in [0.29, 0.717) is 0 Å². The predicted molar refractivity (Wildman–Crippen MR) is 50.7 cm³/mol. The van der Waals surface area contributed by atoms with Crippen LogP contribution < -0.4 is 0 Å². The third-order valence-electron chi connectivity index (χ3n) is 1.72. The van der Waals surface area contributed by atoms with Crippen LogP contribution in [0.15, 0.2) is 0 Å². The van der Waals surface area contributed by atoms with Gasteiger partial charge in [-0.25, -0.2) is 0 Å². The third-order valence-corrected chi connectivity index (χ3v) is 1.72. The summed E-state index contributed by atoms with van der Waals surface area (Å²) in [7, 11) is 0. The molecule has 4 nitrogen and oxygen atoms in total. The van der Waals surface area contributed by atoms with Crippen molar-refractivity contribution in [1.29, 1.82) is 0 Å². The van der Waals surface area contributed by atoms with Crippen molar-refractivity contribution in [2.75, 3.05) is 0 Å². The van der Waals surface area contributed by atoms with Gasteiger partial charge in [0.2, 0.25) is 0 Å². The van der Waals surface area contributed by atoms with Crippen molar-refractivity contribution < 1.29 is 19.1 Å². The van der Waals surface area contributed by atoms with Crippen LogP contribution in [0.25, 0.3) is 0 Å². The molecule has 80 valence electrons. The number of ketones is 2. The van der Waals surface area contributed by atoms with Crippen LogP contribution in [0.3, 0.4) is 0 Å². The number of Topliss-reactive ketones (excluding diaryl/α,β-unsaturated/α-hetero) is 2. The summed E-state index contributed by atoms with van der Waals surface area (Å²) in [6.45, 7) is 6.03. The van der Waals surface area contributed by atoms with E-state index in [2.05, 4.69) is 0 Å². The first-order valence-electron chi connectivity index (χ1n) is 4.55. The van der Waals surface area contributed by atoms with Crippen LogP contribution in [0, 0.1) is 5.92 Å². The maximum Gasteiger partial charge on any atom is 0.307 e. The summed E-state index contributed by atoms with van der Waals surface area (Å²) in [5.74, 6) is -1.94. The second-order valence-electron chi connectivity index (χ2n) is 3.52. The van der Waals surface area contributed by atoms with Crippen LogP contribution in [-0.2, 0) is 19.1 Å². The Morgan fingerprint density at radius 2 is 1.50 bits per heavy atom. The third kappa shape index (κ3) is 4.74. The van der Waals surface area contributed by atoms with Gasteiger partial charge in [-0.3, -0.25) is 14.4 Å². The van der Waals surface area contributed by atoms with E-state index in [4.69, 9.17) is 4.74 Å². The molecule has 0 unspecified atom stereocenters. The maximum absolute atomic E-state index is 11.1. The van der Waals surface area contributed by atoms with E-state index in [0.717, 1.165) is 0 Å². The van der Waals surface area contributed by atoms with Crippen LogP contribution in [-0.4, -0.2) is 23.6 Å². The molecule has 0 aliphatic heterocycles. The smallest absolute Gasteiger partial charge is 0.307 e. The molecule has 0 bridgehead atoms. The number of carbonyl (C=O) groups excluding carboxylic acids is 3.